The van der Waals surface area contributed by atoms with Crippen molar-refractivity contribution < 1.29 is 14.4 Å². The molecule has 1 atom stereocenters. The second-order valence-corrected chi connectivity index (χ2v) is 6.49. The van der Waals surface area contributed by atoms with Crippen LogP contribution in [0.3, 0.4) is 0 Å². The molecule has 1 aliphatic heterocycles. The fraction of sp³-hybridized carbons (Fsp3) is 0.471. The van der Waals surface area contributed by atoms with Gasteiger partial charge in [0.05, 0.1) is 6.54 Å². The third kappa shape index (κ3) is 5.23. The molecule has 1 aromatic rings. The van der Waals surface area contributed by atoms with Crippen molar-refractivity contribution >= 4 is 29.3 Å². The van der Waals surface area contributed by atoms with Crippen LogP contribution < -0.4 is 10.6 Å². The summed E-state index contributed by atoms with van der Waals surface area (Å²) in [6.45, 7) is 2.76. The van der Waals surface area contributed by atoms with Crippen LogP contribution in [0.4, 0.5) is 0 Å². The van der Waals surface area contributed by atoms with Crippen molar-refractivity contribution in [3.8, 4) is 0 Å². The van der Waals surface area contributed by atoms with Gasteiger partial charge in [-0.15, -0.1) is 11.6 Å². The highest BCUT2D eigenvalue weighted by molar-refractivity contribution is 6.30. The molecule has 3 amide bonds. The van der Waals surface area contributed by atoms with Crippen LogP contribution in [0.2, 0.25) is 0 Å². The topological polar surface area (TPSA) is 78.5 Å². The van der Waals surface area contributed by atoms with Crippen molar-refractivity contribution in [2.45, 2.75) is 31.2 Å². The number of hydrogen-bond acceptors (Lipinski definition) is 3. The molecule has 2 rings (SSSR count). The molecule has 2 N–H and O–H groups in total. The van der Waals surface area contributed by atoms with Crippen LogP contribution in [0, 0.1) is 0 Å². The number of nitrogens with zero attached hydrogens (tertiary/aromatic N) is 1. The van der Waals surface area contributed by atoms with Gasteiger partial charge < -0.3 is 15.5 Å². The average Bonchev–Trinajstić information content (AvgIpc) is 2.60. The highest BCUT2D eigenvalue weighted by Gasteiger charge is 2.25. The molecule has 7 heteroatoms. The lowest BCUT2D eigenvalue weighted by Crippen LogP contribution is -2.49. The summed E-state index contributed by atoms with van der Waals surface area (Å²) in [5, 5.41) is 4.96. The van der Waals surface area contributed by atoms with Gasteiger partial charge >= 0.3 is 0 Å². The quantitative estimate of drug-likeness (QED) is 0.781. The molecular weight excluding hydrogens is 330 g/mol. The van der Waals surface area contributed by atoms with Crippen LogP contribution in [0.15, 0.2) is 30.3 Å². The second-order valence-electron chi connectivity index (χ2n) is 5.83. The summed E-state index contributed by atoms with van der Waals surface area (Å²) >= 11 is 5.80. The molecule has 1 unspecified atom stereocenters. The van der Waals surface area contributed by atoms with Crippen molar-refractivity contribution in [3.63, 3.8) is 0 Å². The van der Waals surface area contributed by atoms with Crippen molar-refractivity contribution in [1.29, 1.82) is 0 Å². The smallest absolute Gasteiger partial charge is 0.251 e. The summed E-state index contributed by atoms with van der Waals surface area (Å²) in [5.74, 6) is -0.575. The van der Waals surface area contributed by atoms with Gasteiger partial charge in [-0.25, -0.2) is 0 Å². The largest absolute Gasteiger partial charge is 0.352 e. The highest BCUT2D eigenvalue weighted by atomic mass is 35.5. The molecule has 6 nitrogen and oxygen atoms in total. The van der Waals surface area contributed by atoms with Crippen LogP contribution >= 0.6 is 11.6 Å². The average molecular weight is 352 g/mol. The van der Waals surface area contributed by atoms with Crippen molar-refractivity contribution in [2.75, 3.05) is 19.6 Å². The molecule has 0 bridgehead atoms. The minimum atomic E-state index is -0.524. The van der Waals surface area contributed by atoms with Gasteiger partial charge in [0.2, 0.25) is 11.8 Å². The number of rotatable bonds is 5. The lowest BCUT2D eigenvalue weighted by atomic mass is 10.0. The number of halogens is 1. The molecule has 130 valence electrons. The monoisotopic (exact) mass is 351 g/mol. The number of nitrogens with one attached hydrogen (secondary N) is 2. The number of amides is 3. The Labute approximate surface area is 146 Å². The molecule has 1 heterocycles. The van der Waals surface area contributed by atoms with Gasteiger partial charge in [0.25, 0.3) is 5.91 Å². The van der Waals surface area contributed by atoms with E-state index in [2.05, 4.69) is 10.6 Å². The van der Waals surface area contributed by atoms with Gasteiger partial charge in [0.1, 0.15) is 5.38 Å². The Hall–Kier alpha value is -2.08. The molecule has 1 fully saturated rings. The maximum absolute atomic E-state index is 11.9. The Morgan fingerprint density at radius 1 is 1.21 bits per heavy atom. The van der Waals surface area contributed by atoms with E-state index < -0.39 is 5.38 Å². The summed E-state index contributed by atoms with van der Waals surface area (Å²) in [5.41, 5.74) is 0.521. The van der Waals surface area contributed by atoms with E-state index in [1.54, 1.807) is 36.1 Å². The number of carbonyl (C=O) groups is 3. The molecule has 1 aromatic carbocycles. The number of piperidine rings is 1. The fourth-order valence-electron chi connectivity index (χ4n) is 2.63. The van der Waals surface area contributed by atoms with Gasteiger partial charge in [-0.2, -0.15) is 0 Å². The Balaban J connectivity index is 1.70. The molecule has 0 saturated carbocycles. The van der Waals surface area contributed by atoms with Gasteiger partial charge in [-0.05, 0) is 31.9 Å². The zero-order valence-electron chi connectivity index (χ0n) is 13.6. The molecule has 24 heavy (non-hydrogen) atoms. The van der Waals surface area contributed by atoms with E-state index in [1.807, 2.05) is 6.07 Å². The van der Waals surface area contributed by atoms with E-state index in [0.717, 1.165) is 0 Å². The van der Waals surface area contributed by atoms with Crippen molar-refractivity contribution in [3.05, 3.63) is 35.9 Å². The lowest BCUT2D eigenvalue weighted by molar-refractivity contribution is -0.131. The normalized spacial score (nSPS) is 16.3. The van der Waals surface area contributed by atoms with Crippen molar-refractivity contribution in [2.24, 2.45) is 0 Å². The number of carbonyl (C=O) groups excluding carboxylic acids is 3. The van der Waals surface area contributed by atoms with Gasteiger partial charge in [0.15, 0.2) is 0 Å². The minimum absolute atomic E-state index is 0.0146. The SMILES string of the molecule is CC(Cl)C(=O)N1CCC(NC(=O)CNC(=O)c2ccccc2)CC1. The van der Waals surface area contributed by atoms with E-state index in [4.69, 9.17) is 11.6 Å². The van der Waals surface area contributed by atoms with E-state index in [0.29, 0.717) is 31.5 Å². The zero-order chi connectivity index (χ0) is 17.5. The molecular formula is C17H22ClN3O3. The Morgan fingerprint density at radius 3 is 2.42 bits per heavy atom. The van der Waals surface area contributed by atoms with E-state index >= 15 is 0 Å². The second kappa shape index (κ2) is 8.68. The Morgan fingerprint density at radius 2 is 1.83 bits per heavy atom. The summed E-state index contributed by atoms with van der Waals surface area (Å²) in [6, 6.07) is 8.76. The first-order chi connectivity index (χ1) is 11.5. The number of likely N-dealkylation sites (tertiary alicyclic amines) is 1. The zero-order valence-corrected chi connectivity index (χ0v) is 14.4. The van der Waals surface area contributed by atoms with Crippen LogP contribution in [-0.4, -0.2) is 53.7 Å². The molecule has 0 radical (unpaired) electrons. The predicted octanol–water partition coefficient (Wildman–Crippen LogP) is 1.15. The number of hydrogen-bond donors (Lipinski definition) is 2. The summed E-state index contributed by atoms with van der Waals surface area (Å²) in [7, 11) is 0. The number of alkyl halides is 1. The van der Waals surface area contributed by atoms with E-state index in [1.165, 1.54) is 0 Å². The molecule has 1 saturated heterocycles. The Kier molecular flexibility index (Phi) is 6.61. The van der Waals surface area contributed by atoms with Crippen molar-refractivity contribution in [1.82, 2.24) is 15.5 Å². The summed E-state index contributed by atoms with van der Waals surface area (Å²) in [4.78, 5) is 37.3. The van der Waals surface area contributed by atoms with Crippen LogP contribution in [0.1, 0.15) is 30.1 Å². The summed E-state index contributed by atoms with van der Waals surface area (Å²) < 4.78 is 0. The molecule has 0 aliphatic carbocycles. The van der Waals surface area contributed by atoms with Gasteiger partial charge in [-0.3, -0.25) is 14.4 Å². The third-order valence-corrected chi connectivity index (χ3v) is 4.14. The van der Waals surface area contributed by atoms with E-state index in [-0.39, 0.29) is 30.3 Å². The Bertz CT molecular complexity index is 584. The first kappa shape index (κ1) is 18.3. The molecule has 1 aliphatic rings. The minimum Gasteiger partial charge on any atom is -0.352 e. The summed E-state index contributed by atoms with van der Waals surface area (Å²) in [6.07, 6.45) is 1.38. The van der Waals surface area contributed by atoms with E-state index in [9.17, 15) is 14.4 Å². The maximum atomic E-state index is 11.9. The highest BCUT2D eigenvalue weighted by Crippen LogP contribution is 2.13. The van der Waals surface area contributed by atoms with Gasteiger partial charge in [-0.1, -0.05) is 18.2 Å². The standard InChI is InChI=1S/C17H22ClN3O3/c1-12(18)17(24)21-9-7-14(8-10-21)20-15(22)11-19-16(23)13-5-3-2-4-6-13/h2-6,12,14H,7-11H2,1H3,(H,19,23)(H,20,22). The fourth-order valence-corrected chi connectivity index (χ4v) is 2.76. The predicted molar refractivity (Wildman–Crippen MR) is 91.8 cm³/mol. The van der Waals surface area contributed by atoms with Gasteiger partial charge in [0, 0.05) is 24.7 Å². The lowest BCUT2D eigenvalue weighted by Gasteiger charge is -2.33. The first-order valence-corrected chi connectivity index (χ1v) is 8.46. The number of benzene rings is 1. The first-order valence-electron chi connectivity index (χ1n) is 8.03. The van der Waals surface area contributed by atoms with Crippen LogP contribution in [0.25, 0.3) is 0 Å². The van der Waals surface area contributed by atoms with Crippen LogP contribution in [0.5, 0.6) is 0 Å². The molecule has 0 aromatic heterocycles. The maximum Gasteiger partial charge on any atom is 0.251 e. The molecule has 0 spiro atoms. The van der Waals surface area contributed by atoms with Crippen LogP contribution in [-0.2, 0) is 9.59 Å². The third-order valence-electron chi connectivity index (χ3n) is 3.96.